The van der Waals surface area contributed by atoms with Crippen molar-refractivity contribution in [2.45, 2.75) is 25.9 Å². The molecule has 0 aliphatic rings. The van der Waals surface area contributed by atoms with E-state index >= 15 is 0 Å². The maximum atomic E-state index is 13.5. The number of ether oxygens (including phenoxy) is 1. The number of hydrogen-bond donors (Lipinski definition) is 2. The molecule has 4 aromatic rings. The Morgan fingerprint density at radius 2 is 1.84 bits per heavy atom. The summed E-state index contributed by atoms with van der Waals surface area (Å²) in [5.41, 5.74) is -0.0189. The van der Waals surface area contributed by atoms with Crippen molar-refractivity contribution in [1.29, 1.82) is 0 Å². The fourth-order valence-corrected chi connectivity index (χ4v) is 3.85. The lowest BCUT2D eigenvalue weighted by Crippen LogP contribution is -2.44. The summed E-state index contributed by atoms with van der Waals surface area (Å²) in [7, 11) is 0. The molecule has 0 saturated carbocycles. The van der Waals surface area contributed by atoms with Crippen LogP contribution in [0, 0.1) is 0 Å². The molecule has 4 rings (SSSR count). The first-order valence-corrected chi connectivity index (χ1v) is 12.0. The standard InChI is InChI=1S/C27H24ClN5O5/c1-3-20(4-2)33-26(36)31-25(32(27(33)37)16-17-5-7-18(28)8-6-17)30-19-9-11-21(12-10-19)38-22-13-14-29-23(15-22)24(34)35/h3,5-15,20H,1,4,16H2,2H3,(H,34,35)(H,30,31,36)/t20-/m1/s1. The lowest BCUT2D eigenvalue weighted by atomic mass is 10.2. The Morgan fingerprint density at radius 1 is 1.13 bits per heavy atom. The lowest BCUT2D eigenvalue weighted by molar-refractivity contribution is 0.0690. The average Bonchev–Trinajstić information content (AvgIpc) is 2.91. The number of allylic oxidation sites excluding steroid dienone is 1. The first kappa shape index (κ1) is 26.4. The van der Waals surface area contributed by atoms with E-state index < -0.39 is 23.4 Å². The number of rotatable bonds is 10. The second-order valence-electron chi connectivity index (χ2n) is 8.23. The Kier molecular flexibility index (Phi) is 8.03. The van der Waals surface area contributed by atoms with E-state index in [1.807, 2.05) is 6.92 Å². The van der Waals surface area contributed by atoms with Crippen molar-refractivity contribution in [1.82, 2.24) is 19.1 Å². The number of nitrogens with zero attached hydrogens (tertiary/aromatic N) is 4. The highest BCUT2D eigenvalue weighted by molar-refractivity contribution is 6.30. The molecule has 0 radical (unpaired) electrons. The van der Waals surface area contributed by atoms with Crippen LogP contribution < -0.4 is 21.4 Å². The summed E-state index contributed by atoms with van der Waals surface area (Å²) < 4.78 is 8.19. The Balaban J connectivity index is 1.65. The number of halogens is 1. The van der Waals surface area contributed by atoms with Gasteiger partial charge < -0.3 is 15.2 Å². The summed E-state index contributed by atoms with van der Waals surface area (Å²) in [6.45, 7) is 5.75. The molecule has 2 N–H and O–H groups in total. The SMILES string of the molecule is C=C[C@H](CC)n1c(=O)nc(Nc2ccc(Oc3ccnc(C(=O)O)c3)cc2)n(Cc2ccc(Cl)cc2)c1=O. The summed E-state index contributed by atoms with van der Waals surface area (Å²) in [5, 5.41) is 12.7. The molecular formula is C27H24ClN5O5. The zero-order valence-electron chi connectivity index (χ0n) is 20.4. The highest BCUT2D eigenvalue weighted by Gasteiger charge is 2.18. The van der Waals surface area contributed by atoms with Gasteiger partial charge in [0.15, 0.2) is 5.69 Å². The molecule has 0 aliphatic heterocycles. The normalized spacial score (nSPS) is 11.5. The number of carboxylic acids is 1. The van der Waals surface area contributed by atoms with Crippen LogP contribution in [0.25, 0.3) is 0 Å². The molecule has 1 atom stereocenters. The van der Waals surface area contributed by atoms with Gasteiger partial charge in [-0.05, 0) is 54.4 Å². The third kappa shape index (κ3) is 5.98. The number of aromatic nitrogens is 4. The van der Waals surface area contributed by atoms with Gasteiger partial charge in [-0.25, -0.2) is 23.9 Å². The predicted molar refractivity (Wildman–Crippen MR) is 144 cm³/mol. The van der Waals surface area contributed by atoms with E-state index in [1.54, 1.807) is 60.7 Å². The van der Waals surface area contributed by atoms with E-state index in [9.17, 15) is 14.4 Å². The van der Waals surface area contributed by atoms with Gasteiger partial charge in [0.1, 0.15) is 11.5 Å². The van der Waals surface area contributed by atoms with Crippen LogP contribution in [-0.2, 0) is 6.54 Å². The molecule has 0 amide bonds. The molecule has 0 fully saturated rings. The maximum Gasteiger partial charge on any atom is 0.355 e. The van der Waals surface area contributed by atoms with Crippen LogP contribution in [-0.4, -0.2) is 30.2 Å². The molecule has 11 heteroatoms. The van der Waals surface area contributed by atoms with Crippen LogP contribution in [0.3, 0.4) is 0 Å². The van der Waals surface area contributed by atoms with Crippen LogP contribution in [0.15, 0.2) is 89.1 Å². The molecule has 0 saturated heterocycles. The van der Waals surface area contributed by atoms with Crippen molar-refractivity contribution >= 4 is 29.2 Å². The molecule has 0 spiro atoms. The molecule has 0 bridgehead atoms. The number of carbonyl (C=O) groups is 1. The summed E-state index contributed by atoms with van der Waals surface area (Å²) >= 11 is 6.01. The Hall–Kier alpha value is -4.70. The van der Waals surface area contributed by atoms with Crippen molar-refractivity contribution in [2.24, 2.45) is 0 Å². The summed E-state index contributed by atoms with van der Waals surface area (Å²) in [6, 6.07) is 16.0. The summed E-state index contributed by atoms with van der Waals surface area (Å²) in [6.07, 6.45) is 3.39. The number of anilines is 2. The molecule has 2 heterocycles. The quantitative estimate of drug-likeness (QED) is 0.276. The minimum absolute atomic E-state index is 0.0685. The van der Waals surface area contributed by atoms with E-state index in [4.69, 9.17) is 21.4 Å². The first-order valence-electron chi connectivity index (χ1n) is 11.6. The van der Waals surface area contributed by atoms with E-state index in [0.717, 1.165) is 10.1 Å². The van der Waals surface area contributed by atoms with Crippen LogP contribution in [0.5, 0.6) is 11.5 Å². The minimum atomic E-state index is -1.16. The average molecular weight is 534 g/mol. The van der Waals surface area contributed by atoms with Crippen molar-refractivity contribution in [3.05, 3.63) is 117 Å². The zero-order chi connectivity index (χ0) is 27.2. The van der Waals surface area contributed by atoms with Crippen LogP contribution >= 0.6 is 11.6 Å². The second-order valence-corrected chi connectivity index (χ2v) is 8.66. The first-order chi connectivity index (χ1) is 18.3. The molecule has 0 aliphatic carbocycles. The highest BCUT2D eigenvalue weighted by Crippen LogP contribution is 2.24. The number of benzene rings is 2. The summed E-state index contributed by atoms with van der Waals surface area (Å²) in [4.78, 5) is 45.4. The van der Waals surface area contributed by atoms with Crippen LogP contribution in [0.4, 0.5) is 11.6 Å². The highest BCUT2D eigenvalue weighted by atomic mass is 35.5. The number of nitrogens with one attached hydrogen (secondary N) is 1. The number of hydrogen-bond acceptors (Lipinski definition) is 7. The number of pyridine rings is 1. The van der Waals surface area contributed by atoms with Gasteiger partial charge in [0, 0.05) is 23.0 Å². The van der Waals surface area contributed by atoms with Crippen LogP contribution in [0.2, 0.25) is 5.02 Å². The largest absolute Gasteiger partial charge is 0.477 e. The van der Waals surface area contributed by atoms with Gasteiger partial charge in [-0.2, -0.15) is 4.98 Å². The smallest absolute Gasteiger partial charge is 0.355 e. The molecular weight excluding hydrogens is 510 g/mol. The van der Waals surface area contributed by atoms with Gasteiger partial charge in [0.25, 0.3) is 0 Å². The fraction of sp³-hybridized carbons (Fsp3) is 0.148. The predicted octanol–water partition coefficient (Wildman–Crippen LogP) is 4.87. The summed E-state index contributed by atoms with van der Waals surface area (Å²) in [5.74, 6) is -0.337. The van der Waals surface area contributed by atoms with E-state index in [1.165, 1.54) is 16.8 Å². The van der Waals surface area contributed by atoms with E-state index in [2.05, 4.69) is 21.9 Å². The fourth-order valence-electron chi connectivity index (χ4n) is 3.72. The van der Waals surface area contributed by atoms with E-state index in [-0.39, 0.29) is 18.2 Å². The zero-order valence-corrected chi connectivity index (χ0v) is 21.1. The molecule has 194 valence electrons. The minimum Gasteiger partial charge on any atom is -0.477 e. The van der Waals surface area contributed by atoms with Crippen molar-refractivity contribution < 1.29 is 14.6 Å². The number of aromatic carboxylic acids is 1. The third-order valence-corrected chi connectivity index (χ3v) is 5.92. The van der Waals surface area contributed by atoms with Crippen LogP contribution in [0.1, 0.15) is 35.4 Å². The molecule has 10 nitrogen and oxygen atoms in total. The van der Waals surface area contributed by atoms with Crippen molar-refractivity contribution in [2.75, 3.05) is 5.32 Å². The van der Waals surface area contributed by atoms with E-state index in [0.29, 0.717) is 28.6 Å². The molecule has 38 heavy (non-hydrogen) atoms. The lowest BCUT2D eigenvalue weighted by Gasteiger charge is -2.18. The van der Waals surface area contributed by atoms with Gasteiger partial charge in [0.2, 0.25) is 5.95 Å². The van der Waals surface area contributed by atoms with Gasteiger partial charge in [-0.3, -0.25) is 4.57 Å². The van der Waals surface area contributed by atoms with Gasteiger partial charge in [0.05, 0.1) is 12.6 Å². The third-order valence-electron chi connectivity index (χ3n) is 5.67. The Bertz CT molecular complexity index is 1580. The Labute approximate surface area is 222 Å². The Morgan fingerprint density at radius 3 is 2.47 bits per heavy atom. The van der Waals surface area contributed by atoms with Gasteiger partial charge in [-0.15, -0.1) is 6.58 Å². The monoisotopic (exact) mass is 533 g/mol. The molecule has 2 aromatic heterocycles. The number of carboxylic acid groups (broad SMARTS) is 1. The topological polar surface area (TPSA) is 128 Å². The van der Waals surface area contributed by atoms with Gasteiger partial charge >= 0.3 is 17.3 Å². The van der Waals surface area contributed by atoms with Gasteiger partial charge in [-0.1, -0.05) is 36.7 Å². The maximum absolute atomic E-state index is 13.5. The molecule has 0 unspecified atom stereocenters. The second kappa shape index (κ2) is 11.6. The van der Waals surface area contributed by atoms with Crippen molar-refractivity contribution in [3.63, 3.8) is 0 Å². The molecule has 2 aromatic carbocycles. The van der Waals surface area contributed by atoms with Crippen molar-refractivity contribution in [3.8, 4) is 11.5 Å².